The average molecular weight is 316 g/mol. The van der Waals surface area contributed by atoms with E-state index in [1.807, 2.05) is 4.90 Å². The normalized spacial score (nSPS) is 19.2. The quantitative estimate of drug-likeness (QED) is 0.661. The van der Waals surface area contributed by atoms with Crippen LogP contribution in [0.25, 0.3) is 0 Å². The van der Waals surface area contributed by atoms with Crippen LogP contribution in [-0.4, -0.2) is 45.5 Å². The van der Waals surface area contributed by atoms with E-state index in [4.69, 9.17) is 0 Å². The van der Waals surface area contributed by atoms with E-state index in [9.17, 15) is 13.2 Å². The summed E-state index contributed by atoms with van der Waals surface area (Å²) in [7, 11) is 3.46. The van der Waals surface area contributed by atoms with Crippen molar-refractivity contribution < 1.29 is 17.9 Å². The number of rotatable bonds is 3. The van der Waals surface area contributed by atoms with Crippen molar-refractivity contribution in [3.8, 4) is 5.75 Å². The number of anilines is 1. The highest BCUT2D eigenvalue weighted by Gasteiger charge is 2.31. The smallest absolute Gasteiger partial charge is 0.406 e. The lowest BCUT2D eigenvalue weighted by molar-refractivity contribution is -0.274. The Morgan fingerprint density at radius 2 is 2.18 bits per heavy atom. The molecule has 2 N–H and O–H groups in total. The number of nitrogens with one attached hydrogen (secondary N) is 2. The molecule has 5 nitrogen and oxygen atoms in total. The second kappa shape index (κ2) is 6.76. The van der Waals surface area contributed by atoms with Gasteiger partial charge < -0.3 is 20.3 Å². The fraction of sp³-hybridized carbons (Fsp3) is 0.500. The van der Waals surface area contributed by atoms with Gasteiger partial charge in [-0.2, -0.15) is 0 Å². The van der Waals surface area contributed by atoms with Crippen molar-refractivity contribution in [2.24, 2.45) is 4.99 Å². The van der Waals surface area contributed by atoms with Gasteiger partial charge in [-0.25, -0.2) is 0 Å². The van der Waals surface area contributed by atoms with Crippen LogP contribution in [0.5, 0.6) is 5.75 Å². The van der Waals surface area contributed by atoms with Gasteiger partial charge in [0.1, 0.15) is 5.75 Å². The maximum Gasteiger partial charge on any atom is 0.573 e. The molecule has 1 aliphatic rings. The van der Waals surface area contributed by atoms with E-state index < -0.39 is 6.36 Å². The van der Waals surface area contributed by atoms with Crippen LogP contribution in [0.1, 0.15) is 6.42 Å². The molecule has 1 fully saturated rings. The third kappa shape index (κ3) is 4.44. The molecule has 1 aromatic rings. The van der Waals surface area contributed by atoms with Gasteiger partial charge in [-0.15, -0.1) is 13.2 Å². The van der Waals surface area contributed by atoms with E-state index >= 15 is 0 Å². The fourth-order valence-corrected chi connectivity index (χ4v) is 2.43. The number of guanidine groups is 1. The molecule has 8 heteroatoms. The first-order valence-electron chi connectivity index (χ1n) is 6.93. The monoisotopic (exact) mass is 316 g/mol. The molecule has 1 heterocycles. The Kier molecular flexibility index (Phi) is 4.99. The van der Waals surface area contributed by atoms with Crippen molar-refractivity contribution in [3.63, 3.8) is 0 Å². The number of aliphatic imine (C=N–C) groups is 1. The summed E-state index contributed by atoms with van der Waals surface area (Å²) in [4.78, 5) is 6.07. The molecule has 0 saturated carbocycles. The first kappa shape index (κ1) is 16.3. The SMILES string of the molecule is CN=C(NC)NC1CCN(c2cccc(OC(F)(F)F)c2)C1. The van der Waals surface area contributed by atoms with Crippen LogP contribution in [0.3, 0.4) is 0 Å². The van der Waals surface area contributed by atoms with Crippen LogP contribution >= 0.6 is 0 Å². The maximum absolute atomic E-state index is 12.3. The molecule has 0 radical (unpaired) electrons. The van der Waals surface area contributed by atoms with Gasteiger partial charge in [0.15, 0.2) is 5.96 Å². The van der Waals surface area contributed by atoms with Crippen molar-refractivity contribution in [3.05, 3.63) is 24.3 Å². The van der Waals surface area contributed by atoms with E-state index in [-0.39, 0.29) is 11.8 Å². The Labute approximate surface area is 127 Å². The summed E-state index contributed by atoms with van der Waals surface area (Å²) in [5, 5.41) is 6.20. The van der Waals surface area contributed by atoms with Crippen LogP contribution in [-0.2, 0) is 0 Å². The summed E-state index contributed by atoms with van der Waals surface area (Å²) in [6.07, 6.45) is -3.79. The number of benzene rings is 1. The fourth-order valence-electron chi connectivity index (χ4n) is 2.43. The molecule has 1 aliphatic heterocycles. The minimum atomic E-state index is -4.67. The van der Waals surface area contributed by atoms with E-state index in [0.29, 0.717) is 18.2 Å². The molecule has 22 heavy (non-hydrogen) atoms. The maximum atomic E-state index is 12.3. The van der Waals surface area contributed by atoms with Gasteiger partial charge in [0.25, 0.3) is 0 Å². The average Bonchev–Trinajstić information content (AvgIpc) is 2.92. The highest BCUT2D eigenvalue weighted by molar-refractivity contribution is 5.79. The minimum Gasteiger partial charge on any atom is -0.406 e. The van der Waals surface area contributed by atoms with Crippen LogP contribution in [0, 0.1) is 0 Å². The minimum absolute atomic E-state index is 0.193. The summed E-state index contributed by atoms with van der Waals surface area (Å²) in [5.41, 5.74) is 0.713. The number of nitrogens with zero attached hydrogens (tertiary/aromatic N) is 2. The molecule has 122 valence electrons. The molecule has 0 spiro atoms. The molecule has 1 aromatic carbocycles. The number of halogens is 3. The summed E-state index contributed by atoms with van der Waals surface area (Å²) in [6, 6.07) is 6.23. The van der Waals surface area contributed by atoms with Gasteiger partial charge in [0.2, 0.25) is 0 Å². The molecular weight excluding hydrogens is 297 g/mol. The molecule has 1 saturated heterocycles. The Balaban J connectivity index is 2.00. The van der Waals surface area contributed by atoms with Gasteiger partial charge in [-0.1, -0.05) is 6.07 Å². The van der Waals surface area contributed by atoms with Gasteiger partial charge >= 0.3 is 6.36 Å². The van der Waals surface area contributed by atoms with Gasteiger partial charge in [0, 0.05) is 45.0 Å². The van der Waals surface area contributed by atoms with E-state index in [2.05, 4.69) is 20.4 Å². The van der Waals surface area contributed by atoms with E-state index in [0.717, 1.165) is 13.0 Å². The predicted octanol–water partition coefficient (Wildman–Crippen LogP) is 1.96. The highest BCUT2D eigenvalue weighted by atomic mass is 19.4. The summed E-state index contributed by atoms with van der Waals surface area (Å²) in [5.74, 6) is 0.494. The van der Waals surface area contributed by atoms with Crippen LogP contribution < -0.4 is 20.3 Å². The van der Waals surface area contributed by atoms with Crippen molar-refractivity contribution in [2.45, 2.75) is 18.8 Å². The predicted molar refractivity (Wildman–Crippen MR) is 79.3 cm³/mol. The van der Waals surface area contributed by atoms with Gasteiger partial charge in [-0.3, -0.25) is 4.99 Å². The topological polar surface area (TPSA) is 48.9 Å². The molecule has 0 aromatic heterocycles. The zero-order valence-corrected chi connectivity index (χ0v) is 12.4. The van der Waals surface area contributed by atoms with Crippen molar-refractivity contribution in [1.29, 1.82) is 0 Å². The molecule has 2 rings (SSSR count). The van der Waals surface area contributed by atoms with Crippen molar-refractivity contribution in [2.75, 3.05) is 32.1 Å². The highest BCUT2D eigenvalue weighted by Crippen LogP contribution is 2.28. The Bertz CT molecular complexity index is 533. The zero-order chi connectivity index (χ0) is 16.2. The summed E-state index contributed by atoms with van der Waals surface area (Å²) < 4.78 is 40.8. The number of hydrogen-bond donors (Lipinski definition) is 2. The summed E-state index contributed by atoms with van der Waals surface area (Å²) in [6.45, 7) is 1.45. The van der Waals surface area contributed by atoms with Crippen molar-refractivity contribution in [1.82, 2.24) is 10.6 Å². The molecule has 1 atom stereocenters. The third-order valence-corrected chi connectivity index (χ3v) is 3.41. The lowest BCUT2D eigenvalue weighted by atomic mass is 10.2. The van der Waals surface area contributed by atoms with E-state index in [1.165, 1.54) is 12.1 Å². The van der Waals surface area contributed by atoms with Crippen LogP contribution in [0.15, 0.2) is 29.3 Å². The third-order valence-electron chi connectivity index (χ3n) is 3.41. The van der Waals surface area contributed by atoms with Crippen LogP contribution in [0.4, 0.5) is 18.9 Å². The molecule has 1 unspecified atom stereocenters. The first-order valence-corrected chi connectivity index (χ1v) is 6.93. The van der Waals surface area contributed by atoms with Gasteiger partial charge in [0.05, 0.1) is 0 Å². The Morgan fingerprint density at radius 1 is 1.41 bits per heavy atom. The molecule has 0 aliphatic carbocycles. The van der Waals surface area contributed by atoms with E-state index in [1.54, 1.807) is 26.2 Å². The van der Waals surface area contributed by atoms with Crippen molar-refractivity contribution >= 4 is 11.6 Å². The number of ether oxygens (including phenoxy) is 1. The second-order valence-corrected chi connectivity index (χ2v) is 4.94. The molecule has 0 bridgehead atoms. The Morgan fingerprint density at radius 3 is 2.82 bits per heavy atom. The second-order valence-electron chi connectivity index (χ2n) is 4.94. The lowest BCUT2D eigenvalue weighted by Gasteiger charge is -2.20. The largest absolute Gasteiger partial charge is 0.573 e. The molecular formula is C14H19F3N4O. The lowest BCUT2D eigenvalue weighted by Crippen LogP contribution is -2.43. The zero-order valence-electron chi connectivity index (χ0n) is 12.4. The molecule has 0 amide bonds. The summed E-state index contributed by atoms with van der Waals surface area (Å²) >= 11 is 0. The number of hydrogen-bond acceptors (Lipinski definition) is 3. The standard InChI is InChI=1S/C14H19F3N4O/c1-18-13(19-2)20-10-6-7-21(9-10)11-4-3-5-12(8-11)22-14(15,16)17/h3-5,8,10H,6-7,9H2,1-2H3,(H2,18,19,20). The Hall–Kier alpha value is -2.12. The van der Waals surface area contributed by atoms with Crippen LogP contribution in [0.2, 0.25) is 0 Å². The first-order chi connectivity index (χ1) is 10.4. The number of alkyl halides is 3. The van der Waals surface area contributed by atoms with Gasteiger partial charge in [-0.05, 0) is 18.6 Å².